The van der Waals surface area contributed by atoms with Crippen LogP contribution in [0.5, 0.6) is 0 Å². The number of halogens is 1. The summed E-state index contributed by atoms with van der Waals surface area (Å²) in [5.74, 6) is -0.153. The summed E-state index contributed by atoms with van der Waals surface area (Å²) in [5.41, 5.74) is 4.11. The zero-order valence-electron chi connectivity index (χ0n) is 19.6. The Kier molecular flexibility index (Phi) is 6.97. The molecule has 0 atom stereocenters. The second-order valence-electron chi connectivity index (χ2n) is 7.98. The molecule has 2 aromatic heterocycles. The highest BCUT2D eigenvalue weighted by atomic mass is 35.5. The van der Waals surface area contributed by atoms with Gasteiger partial charge in [0, 0.05) is 29.5 Å². The van der Waals surface area contributed by atoms with E-state index in [1.54, 1.807) is 30.7 Å². The van der Waals surface area contributed by atoms with Crippen LogP contribution in [0.25, 0.3) is 16.9 Å². The van der Waals surface area contributed by atoms with Gasteiger partial charge in [0.2, 0.25) is 0 Å². The Morgan fingerprint density at radius 2 is 1.91 bits per heavy atom. The van der Waals surface area contributed by atoms with Crippen molar-refractivity contribution >= 4 is 23.4 Å². The predicted molar refractivity (Wildman–Crippen MR) is 132 cm³/mol. The van der Waals surface area contributed by atoms with Crippen molar-refractivity contribution in [3.05, 3.63) is 92.5 Å². The standard InChI is InChI=1S/C25H24ClN5O4/c1-4-35-25(32)23-21(12-13-29-17(3)27-15-22(29)31(33)34)24(18-7-5-6-16(2)14-18)30(28-23)20-10-8-19(26)9-11-20/h5-11,14-15H,4,12-13H2,1-3H3. The van der Waals surface area contributed by atoms with E-state index < -0.39 is 10.9 Å². The Morgan fingerprint density at radius 1 is 1.17 bits per heavy atom. The normalized spacial score (nSPS) is 11.0. The van der Waals surface area contributed by atoms with Gasteiger partial charge in [0.25, 0.3) is 0 Å². The molecule has 0 bridgehead atoms. The maximum absolute atomic E-state index is 13.0. The number of nitrogens with zero attached hydrogens (tertiary/aromatic N) is 5. The molecule has 0 unspecified atom stereocenters. The third-order valence-corrected chi connectivity index (χ3v) is 5.87. The molecular formula is C25H24ClN5O4. The molecule has 0 aliphatic carbocycles. The van der Waals surface area contributed by atoms with Gasteiger partial charge in [0.1, 0.15) is 6.20 Å². The van der Waals surface area contributed by atoms with Gasteiger partial charge in [-0.3, -0.25) is 0 Å². The van der Waals surface area contributed by atoms with Gasteiger partial charge in [-0.05, 0) is 49.1 Å². The zero-order chi connectivity index (χ0) is 25.1. The van der Waals surface area contributed by atoms with E-state index in [1.807, 2.05) is 43.3 Å². The molecule has 35 heavy (non-hydrogen) atoms. The molecule has 180 valence electrons. The summed E-state index contributed by atoms with van der Waals surface area (Å²) in [7, 11) is 0. The summed E-state index contributed by atoms with van der Waals surface area (Å²) >= 11 is 6.10. The number of rotatable bonds is 8. The first-order valence-corrected chi connectivity index (χ1v) is 11.5. The molecule has 0 amide bonds. The van der Waals surface area contributed by atoms with Crippen molar-refractivity contribution in [2.75, 3.05) is 6.61 Å². The number of imidazole rings is 1. The number of aryl methyl sites for hydroxylation is 2. The highest BCUT2D eigenvalue weighted by Crippen LogP contribution is 2.32. The molecular weight excluding hydrogens is 470 g/mol. The van der Waals surface area contributed by atoms with Gasteiger partial charge < -0.3 is 14.9 Å². The van der Waals surface area contributed by atoms with Crippen LogP contribution in [0.3, 0.4) is 0 Å². The van der Waals surface area contributed by atoms with Crippen LogP contribution in [0.2, 0.25) is 5.02 Å². The number of hydrogen-bond donors (Lipinski definition) is 0. The van der Waals surface area contributed by atoms with Crippen LogP contribution in [-0.2, 0) is 17.7 Å². The molecule has 0 aliphatic heterocycles. The average molecular weight is 494 g/mol. The minimum Gasteiger partial charge on any atom is -0.461 e. The van der Waals surface area contributed by atoms with Gasteiger partial charge in [-0.2, -0.15) is 5.10 Å². The third-order valence-electron chi connectivity index (χ3n) is 5.62. The van der Waals surface area contributed by atoms with Gasteiger partial charge in [0.05, 0.1) is 24.5 Å². The maximum Gasteiger partial charge on any atom is 0.359 e. The highest BCUT2D eigenvalue weighted by molar-refractivity contribution is 6.30. The smallest absolute Gasteiger partial charge is 0.359 e. The molecule has 0 saturated heterocycles. The number of carbonyl (C=O) groups excluding carboxylic acids is 1. The Balaban J connectivity index is 1.91. The van der Waals surface area contributed by atoms with Crippen LogP contribution in [0.1, 0.15) is 34.4 Å². The first-order valence-electron chi connectivity index (χ1n) is 11.1. The summed E-state index contributed by atoms with van der Waals surface area (Å²) in [6.07, 6.45) is 1.53. The van der Waals surface area contributed by atoms with E-state index in [1.165, 1.54) is 10.8 Å². The van der Waals surface area contributed by atoms with Gasteiger partial charge in [-0.15, -0.1) is 0 Å². The molecule has 0 saturated carbocycles. The fourth-order valence-electron chi connectivity index (χ4n) is 4.01. The third kappa shape index (κ3) is 4.95. The van der Waals surface area contributed by atoms with Gasteiger partial charge in [-0.1, -0.05) is 35.4 Å². The van der Waals surface area contributed by atoms with Crippen LogP contribution in [0.4, 0.5) is 5.82 Å². The molecule has 0 radical (unpaired) electrons. The molecule has 10 heteroatoms. The fraction of sp³-hybridized carbons (Fsp3) is 0.240. The number of carbonyl (C=O) groups is 1. The largest absolute Gasteiger partial charge is 0.461 e. The zero-order valence-corrected chi connectivity index (χ0v) is 20.3. The van der Waals surface area contributed by atoms with Crippen molar-refractivity contribution in [3.8, 4) is 16.9 Å². The number of esters is 1. The second-order valence-corrected chi connectivity index (χ2v) is 8.41. The van der Waals surface area contributed by atoms with E-state index in [-0.39, 0.29) is 24.7 Å². The van der Waals surface area contributed by atoms with Crippen molar-refractivity contribution in [2.24, 2.45) is 0 Å². The Hall–Kier alpha value is -3.98. The number of aromatic nitrogens is 4. The van der Waals surface area contributed by atoms with Crippen molar-refractivity contribution < 1.29 is 14.5 Å². The van der Waals surface area contributed by atoms with Crippen molar-refractivity contribution in [2.45, 2.75) is 33.7 Å². The number of hydrogen-bond acceptors (Lipinski definition) is 6. The Bertz CT molecular complexity index is 1390. The predicted octanol–water partition coefficient (Wildman–Crippen LogP) is 5.33. The van der Waals surface area contributed by atoms with Gasteiger partial charge in [-0.25, -0.2) is 19.0 Å². The lowest BCUT2D eigenvalue weighted by atomic mass is 10.0. The summed E-state index contributed by atoms with van der Waals surface area (Å²) < 4.78 is 8.53. The molecule has 4 aromatic rings. The topological polar surface area (TPSA) is 105 Å². The maximum atomic E-state index is 13.0. The molecule has 0 N–H and O–H groups in total. The lowest BCUT2D eigenvalue weighted by Gasteiger charge is -2.11. The van der Waals surface area contributed by atoms with Gasteiger partial charge in [0.15, 0.2) is 11.5 Å². The molecule has 2 heterocycles. The Morgan fingerprint density at radius 3 is 2.57 bits per heavy atom. The van der Waals surface area contributed by atoms with Gasteiger partial charge >= 0.3 is 11.8 Å². The molecule has 0 spiro atoms. The van der Waals surface area contributed by atoms with E-state index in [2.05, 4.69) is 10.1 Å². The highest BCUT2D eigenvalue weighted by Gasteiger charge is 2.27. The van der Waals surface area contributed by atoms with Crippen molar-refractivity contribution in [1.82, 2.24) is 19.3 Å². The lowest BCUT2D eigenvalue weighted by Crippen LogP contribution is -2.12. The fourth-order valence-corrected chi connectivity index (χ4v) is 4.14. The van der Waals surface area contributed by atoms with E-state index in [0.29, 0.717) is 34.2 Å². The Labute approximate surface area is 207 Å². The summed E-state index contributed by atoms with van der Waals surface area (Å²) in [5, 5.41) is 16.7. The van der Waals surface area contributed by atoms with E-state index in [0.717, 1.165) is 11.1 Å². The molecule has 2 aromatic carbocycles. The second kappa shape index (κ2) is 10.1. The van der Waals surface area contributed by atoms with E-state index in [9.17, 15) is 14.9 Å². The van der Waals surface area contributed by atoms with E-state index >= 15 is 0 Å². The summed E-state index contributed by atoms with van der Waals surface area (Å²) in [6, 6.07) is 15.0. The van der Waals surface area contributed by atoms with Crippen molar-refractivity contribution in [3.63, 3.8) is 0 Å². The summed E-state index contributed by atoms with van der Waals surface area (Å²) in [4.78, 5) is 28.1. The first-order chi connectivity index (χ1) is 16.8. The monoisotopic (exact) mass is 493 g/mol. The SMILES string of the molecule is CCOC(=O)c1nn(-c2ccc(Cl)cc2)c(-c2cccc(C)c2)c1CCn1c([N+](=O)[O-])cnc1C. The minimum atomic E-state index is -0.555. The number of nitro groups is 1. The number of ether oxygens (including phenoxy) is 1. The molecule has 9 nitrogen and oxygen atoms in total. The minimum absolute atomic E-state index is 0.109. The summed E-state index contributed by atoms with van der Waals surface area (Å²) in [6.45, 7) is 5.85. The average Bonchev–Trinajstić information content (AvgIpc) is 3.39. The molecule has 0 fully saturated rings. The van der Waals surface area contributed by atoms with Crippen LogP contribution in [0.15, 0.2) is 54.7 Å². The quantitative estimate of drug-likeness (QED) is 0.186. The van der Waals surface area contributed by atoms with Crippen LogP contribution < -0.4 is 0 Å². The van der Waals surface area contributed by atoms with Crippen LogP contribution in [-0.4, -0.2) is 36.8 Å². The van der Waals surface area contributed by atoms with E-state index in [4.69, 9.17) is 16.3 Å². The molecule has 0 aliphatic rings. The lowest BCUT2D eigenvalue weighted by molar-refractivity contribution is -0.392. The number of benzene rings is 2. The first kappa shape index (κ1) is 24.2. The van der Waals surface area contributed by atoms with Crippen LogP contribution >= 0.6 is 11.6 Å². The molecule has 4 rings (SSSR count). The van der Waals surface area contributed by atoms with Crippen molar-refractivity contribution in [1.29, 1.82) is 0 Å². The van der Waals surface area contributed by atoms with Crippen LogP contribution in [0, 0.1) is 24.0 Å².